The summed E-state index contributed by atoms with van der Waals surface area (Å²) in [6.07, 6.45) is 0.760. The molecule has 2 N–H and O–H groups in total. The minimum atomic E-state index is -1.03. The molecule has 0 unspecified atom stereocenters. The van der Waals surface area contributed by atoms with Gasteiger partial charge < -0.3 is 10.4 Å². The van der Waals surface area contributed by atoms with Gasteiger partial charge in [-0.2, -0.15) is 0 Å². The lowest BCUT2D eigenvalue weighted by Crippen LogP contribution is -2.42. The molecular formula is C17H24N2O5. The van der Waals surface area contributed by atoms with Crippen molar-refractivity contribution < 1.29 is 19.6 Å². The molecule has 24 heavy (non-hydrogen) atoms. The second-order valence-electron chi connectivity index (χ2n) is 6.09. The van der Waals surface area contributed by atoms with Crippen molar-refractivity contribution in [2.75, 3.05) is 6.54 Å². The molecule has 0 aromatic heterocycles. The molecule has 0 bridgehead atoms. The van der Waals surface area contributed by atoms with E-state index in [4.69, 9.17) is 0 Å². The van der Waals surface area contributed by atoms with Crippen molar-refractivity contribution >= 4 is 17.6 Å². The van der Waals surface area contributed by atoms with Gasteiger partial charge in [-0.05, 0) is 45.2 Å². The average Bonchev–Trinajstić information content (AvgIpc) is 2.47. The quantitative estimate of drug-likeness (QED) is 0.587. The number of nitrogens with zero attached hydrogens (tertiary/aromatic N) is 1. The second kappa shape index (κ2) is 7.42. The van der Waals surface area contributed by atoms with Gasteiger partial charge in [0.1, 0.15) is 0 Å². The summed E-state index contributed by atoms with van der Waals surface area (Å²) in [6.45, 7) is 8.38. The molecular weight excluding hydrogens is 312 g/mol. The molecule has 0 heterocycles. The number of carboxylic acid groups (broad SMARTS) is 1. The number of hydrogen-bond donors (Lipinski definition) is 2. The zero-order chi connectivity index (χ0) is 18.7. The molecule has 1 aromatic carbocycles. The van der Waals surface area contributed by atoms with E-state index in [1.807, 2.05) is 0 Å². The molecule has 7 nitrogen and oxygen atoms in total. The third-order valence-corrected chi connectivity index (χ3v) is 4.74. The fraction of sp³-hybridized carbons (Fsp3) is 0.529. The second-order valence-corrected chi connectivity index (χ2v) is 6.09. The number of aliphatic carboxylic acids is 1. The van der Waals surface area contributed by atoms with Crippen LogP contribution in [0.4, 0.5) is 5.69 Å². The molecule has 7 heteroatoms. The van der Waals surface area contributed by atoms with Crippen molar-refractivity contribution in [1.29, 1.82) is 0 Å². The van der Waals surface area contributed by atoms with Crippen molar-refractivity contribution in [3.8, 4) is 0 Å². The maximum Gasteiger partial charge on any atom is 0.311 e. The van der Waals surface area contributed by atoms with Gasteiger partial charge in [0.05, 0.1) is 15.9 Å². The van der Waals surface area contributed by atoms with Crippen molar-refractivity contribution in [3.63, 3.8) is 0 Å². The molecule has 0 saturated carbocycles. The zero-order valence-corrected chi connectivity index (χ0v) is 14.7. The smallest absolute Gasteiger partial charge is 0.311 e. The monoisotopic (exact) mass is 336 g/mol. The Morgan fingerprint density at radius 1 is 1.21 bits per heavy atom. The molecule has 0 radical (unpaired) electrons. The number of nitrogens with one attached hydrogen (secondary N) is 1. The summed E-state index contributed by atoms with van der Waals surface area (Å²) in [5.41, 5.74) is 0.535. The largest absolute Gasteiger partial charge is 0.481 e. The van der Waals surface area contributed by atoms with Gasteiger partial charge in [0, 0.05) is 17.7 Å². The van der Waals surface area contributed by atoms with E-state index in [-0.39, 0.29) is 17.8 Å². The Morgan fingerprint density at radius 2 is 1.75 bits per heavy atom. The van der Waals surface area contributed by atoms with E-state index in [1.54, 1.807) is 33.8 Å². The van der Waals surface area contributed by atoms with Crippen LogP contribution in [0.15, 0.2) is 6.07 Å². The van der Waals surface area contributed by atoms with Crippen LogP contribution in [0.3, 0.4) is 0 Å². The number of benzene rings is 1. The number of carboxylic acids is 1. The van der Waals surface area contributed by atoms with Gasteiger partial charge in [-0.1, -0.05) is 13.8 Å². The van der Waals surface area contributed by atoms with E-state index < -0.39 is 22.2 Å². The van der Waals surface area contributed by atoms with Crippen LogP contribution >= 0.6 is 0 Å². The number of hydrogen-bond acceptors (Lipinski definition) is 4. The molecule has 1 amide bonds. The van der Waals surface area contributed by atoms with E-state index >= 15 is 0 Å². The molecule has 0 aliphatic heterocycles. The Balaban J connectivity index is 3.19. The highest BCUT2D eigenvalue weighted by atomic mass is 16.6. The van der Waals surface area contributed by atoms with Gasteiger partial charge in [-0.25, -0.2) is 0 Å². The van der Waals surface area contributed by atoms with Crippen LogP contribution in [0.1, 0.15) is 53.7 Å². The minimum Gasteiger partial charge on any atom is -0.481 e. The van der Waals surface area contributed by atoms with E-state index in [1.165, 1.54) is 6.92 Å². The lowest BCUT2D eigenvalue weighted by molar-refractivity contribution is -0.386. The third-order valence-electron chi connectivity index (χ3n) is 4.74. The number of nitro benzene ring substituents is 1. The summed E-state index contributed by atoms with van der Waals surface area (Å²) in [5.74, 6) is -1.45. The number of nitro groups is 1. The highest BCUT2D eigenvalue weighted by molar-refractivity contribution is 5.98. The Labute approximate surface area is 141 Å². The molecule has 0 spiro atoms. The zero-order valence-electron chi connectivity index (χ0n) is 14.7. The molecule has 0 aliphatic rings. The summed E-state index contributed by atoms with van der Waals surface area (Å²) >= 11 is 0. The maximum atomic E-state index is 12.5. The van der Waals surface area contributed by atoms with Crippen LogP contribution in [0.2, 0.25) is 0 Å². The topological polar surface area (TPSA) is 110 Å². The molecule has 1 aromatic rings. The van der Waals surface area contributed by atoms with Crippen LogP contribution in [0, 0.1) is 36.3 Å². The first-order valence-corrected chi connectivity index (χ1v) is 7.88. The predicted octanol–water partition coefficient (Wildman–Crippen LogP) is 3.14. The summed E-state index contributed by atoms with van der Waals surface area (Å²) in [5, 5.41) is 23.3. The number of aryl methyl sites for hydroxylation is 2. The van der Waals surface area contributed by atoms with Crippen molar-refractivity contribution in [3.05, 3.63) is 38.4 Å². The Morgan fingerprint density at radius 3 is 2.17 bits per heavy atom. The highest BCUT2D eigenvalue weighted by Crippen LogP contribution is 2.30. The normalized spacial score (nSPS) is 11.2. The van der Waals surface area contributed by atoms with Gasteiger partial charge in [0.2, 0.25) is 0 Å². The summed E-state index contributed by atoms with van der Waals surface area (Å²) in [7, 11) is 0. The predicted molar refractivity (Wildman–Crippen MR) is 90.3 cm³/mol. The van der Waals surface area contributed by atoms with Gasteiger partial charge in [0.25, 0.3) is 11.6 Å². The maximum absolute atomic E-state index is 12.5. The van der Waals surface area contributed by atoms with Crippen LogP contribution in [-0.2, 0) is 4.79 Å². The summed E-state index contributed by atoms with van der Waals surface area (Å²) < 4.78 is 0. The SMILES string of the molecule is CCC(CC)(CNC(=O)c1c(C)cc(C)c([N+](=O)[O-])c1C)C(=O)O. The van der Waals surface area contributed by atoms with Crippen molar-refractivity contribution in [1.82, 2.24) is 5.32 Å². The first-order valence-electron chi connectivity index (χ1n) is 7.88. The van der Waals surface area contributed by atoms with Crippen molar-refractivity contribution in [2.24, 2.45) is 5.41 Å². The van der Waals surface area contributed by atoms with E-state index in [0.29, 0.717) is 29.5 Å². The van der Waals surface area contributed by atoms with Crippen LogP contribution in [0.25, 0.3) is 0 Å². The Hall–Kier alpha value is -2.44. The minimum absolute atomic E-state index is 0.0191. The van der Waals surface area contributed by atoms with Gasteiger partial charge in [-0.15, -0.1) is 0 Å². The summed E-state index contributed by atoms with van der Waals surface area (Å²) in [4.78, 5) is 34.8. The number of rotatable bonds is 7. The average molecular weight is 336 g/mol. The standard InChI is InChI=1S/C17H24N2O5/c1-6-17(7-2,16(21)22)9-18-15(20)13-10(3)8-11(4)14(12(13)5)19(23)24/h8H,6-7,9H2,1-5H3,(H,18,20)(H,21,22). The molecule has 132 valence electrons. The first kappa shape index (κ1) is 19.6. The van der Waals surface area contributed by atoms with E-state index in [9.17, 15) is 24.8 Å². The van der Waals surface area contributed by atoms with Crippen molar-refractivity contribution in [2.45, 2.75) is 47.5 Å². The molecule has 0 atom stereocenters. The van der Waals surface area contributed by atoms with E-state index in [2.05, 4.69) is 5.32 Å². The molecule has 0 saturated heterocycles. The highest BCUT2D eigenvalue weighted by Gasteiger charge is 2.35. The Bertz CT molecular complexity index is 678. The van der Waals surface area contributed by atoms with Gasteiger partial charge in [0.15, 0.2) is 0 Å². The number of carbonyl (C=O) groups excluding carboxylic acids is 1. The fourth-order valence-electron chi connectivity index (χ4n) is 3.02. The van der Waals surface area contributed by atoms with Gasteiger partial charge in [-0.3, -0.25) is 19.7 Å². The first-order chi connectivity index (χ1) is 11.1. The van der Waals surface area contributed by atoms with Crippen LogP contribution in [-0.4, -0.2) is 28.5 Å². The Kier molecular flexibility index (Phi) is 6.06. The third kappa shape index (κ3) is 3.55. The number of carbonyl (C=O) groups is 2. The lowest BCUT2D eigenvalue weighted by atomic mass is 9.82. The fourth-order valence-corrected chi connectivity index (χ4v) is 3.02. The lowest BCUT2D eigenvalue weighted by Gasteiger charge is -2.27. The summed E-state index contributed by atoms with van der Waals surface area (Å²) in [6, 6.07) is 1.60. The molecule has 0 fully saturated rings. The van der Waals surface area contributed by atoms with Crippen LogP contribution in [0.5, 0.6) is 0 Å². The van der Waals surface area contributed by atoms with Crippen LogP contribution < -0.4 is 5.32 Å². The van der Waals surface area contributed by atoms with E-state index in [0.717, 1.165) is 0 Å². The van der Waals surface area contributed by atoms with Gasteiger partial charge >= 0.3 is 5.97 Å². The molecule has 1 rings (SSSR count). The number of amides is 1. The molecule has 0 aliphatic carbocycles.